The topological polar surface area (TPSA) is 66.5 Å². The second kappa shape index (κ2) is 4.50. The lowest BCUT2D eigenvalue weighted by Crippen LogP contribution is -2.23. The molecule has 0 saturated heterocycles. The maximum atomic E-state index is 13.2. The Hall–Kier alpha value is -0.970. The Bertz CT molecular complexity index is 315. The molecular formula is C10H14FNO2. The van der Waals surface area contributed by atoms with Crippen molar-refractivity contribution >= 4 is 0 Å². The Labute approximate surface area is 82.0 Å². The molecular weight excluding hydrogens is 185 g/mol. The summed E-state index contributed by atoms with van der Waals surface area (Å²) in [5.74, 6) is -0.499. The van der Waals surface area contributed by atoms with E-state index in [1.54, 1.807) is 13.0 Å². The first-order chi connectivity index (χ1) is 6.56. The fraction of sp³-hybridized carbons (Fsp3) is 0.400. The van der Waals surface area contributed by atoms with Gasteiger partial charge in [0.1, 0.15) is 5.82 Å². The Balaban J connectivity index is 2.96. The van der Waals surface area contributed by atoms with Crippen molar-refractivity contribution in [2.45, 2.75) is 25.7 Å². The highest BCUT2D eigenvalue weighted by Gasteiger charge is 2.13. The van der Waals surface area contributed by atoms with Crippen molar-refractivity contribution in [3.63, 3.8) is 0 Å². The lowest BCUT2D eigenvalue weighted by Gasteiger charge is -2.15. The minimum atomic E-state index is -0.727. The Morgan fingerprint density at radius 3 is 2.57 bits per heavy atom. The summed E-state index contributed by atoms with van der Waals surface area (Å²) in [6, 6.07) is 3.71. The molecule has 0 bridgehead atoms. The molecule has 1 rings (SSSR count). The summed E-state index contributed by atoms with van der Waals surface area (Å²) in [5, 5.41) is 17.9. The van der Waals surface area contributed by atoms with Crippen LogP contribution in [0, 0.1) is 5.82 Å². The molecule has 0 aliphatic carbocycles. The first-order valence-electron chi connectivity index (χ1n) is 4.39. The number of rotatable bonds is 3. The van der Waals surface area contributed by atoms with E-state index >= 15 is 0 Å². The van der Waals surface area contributed by atoms with E-state index in [0.717, 1.165) is 0 Å². The van der Waals surface area contributed by atoms with E-state index < -0.39 is 18.0 Å². The molecule has 0 unspecified atom stereocenters. The zero-order valence-electron chi connectivity index (χ0n) is 7.94. The summed E-state index contributed by atoms with van der Waals surface area (Å²) >= 11 is 0. The van der Waals surface area contributed by atoms with E-state index in [1.165, 1.54) is 12.1 Å². The number of hydrogen-bond donors (Lipinski definition) is 3. The molecule has 1 aromatic rings. The molecule has 1 aromatic carbocycles. The number of aliphatic hydroxyl groups is 2. The molecule has 0 saturated carbocycles. The first kappa shape index (κ1) is 11.1. The summed E-state index contributed by atoms with van der Waals surface area (Å²) in [4.78, 5) is 0. The van der Waals surface area contributed by atoms with Gasteiger partial charge in [-0.1, -0.05) is 12.1 Å². The Morgan fingerprint density at radius 2 is 2.14 bits per heavy atom. The van der Waals surface area contributed by atoms with Crippen LogP contribution in [-0.2, 0) is 6.61 Å². The molecule has 0 aliphatic rings. The molecule has 4 N–H and O–H groups in total. The van der Waals surface area contributed by atoms with Crippen molar-refractivity contribution in [1.82, 2.24) is 0 Å². The van der Waals surface area contributed by atoms with E-state index in [4.69, 9.17) is 10.8 Å². The molecule has 3 nitrogen and oxygen atoms in total. The Kier molecular flexibility index (Phi) is 3.57. The van der Waals surface area contributed by atoms with Crippen molar-refractivity contribution in [3.8, 4) is 0 Å². The van der Waals surface area contributed by atoms with Crippen LogP contribution in [0.15, 0.2) is 18.2 Å². The first-order valence-corrected chi connectivity index (χ1v) is 4.39. The molecule has 0 amide bonds. The lowest BCUT2D eigenvalue weighted by atomic mass is 10.0. The molecule has 0 spiro atoms. The van der Waals surface area contributed by atoms with Crippen LogP contribution in [0.3, 0.4) is 0 Å². The smallest absolute Gasteiger partial charge is 0.129 e. The largest absolute Gasteiger partial charge is 0.392 e. The third-order valence-corrected chi connectivity index (χ3v) is 2.15. The fourth-order valence-corrected chi connectivity index (χ4v) is 1.18. The van der Waals surface area contributed by atoms with Gasteiger partial charge in [0.2, 0.25) is 0 Å². The maximum absolute atomic E-state index is 13.2. The summed E-state index contributed by atoms with van der Waals surface area (Å²) in [7, 11) is 0. The molecule has 0 aromatic heterocycles. The van der Waals surface area contributed by atoms with Gasteiger partial charge in [-0.3, -0.25) is 0 Å². The maximum Gasteiger partial charge on any atom is 0.129 e. The highest BCUT2D eigenvalue weighted by molar-refractivity contribution is 5.26. The number of halogens is 1. The van der Waals surface area contributed by atoms with Gasteiger partial charge < -0.3 is 15.9 Å². The second-order valence-electron chi connectivity index (χ2n) is 3.28. The van der Waals surface area contributed by atoms with Gasteiger partial charge in [0.05, 0.1) is 18.8 Å². The zero-order valence-corrected chi connectivity index (χ0v) is 7.94. The Morgan fingerprint density at radius 1 is 1.50 bits per heavy atom. The average Bonchev–Trinajstić information content (AvgIpc) is 2.16. The van der Waals surface area contributed by atoms with E-state index in [2.05, 4.69) is 0 Å². The standard InChI is InChI=1S/C10H14FNO2/c1-6(14)10(12)7-2-3-8(5-13)9(11)4-7/h2-4,6,10,13-14H,5,12H2,1H3/t6-,10-/m1/s1. The van der Waals surface area contributed by atoms with Gasteiger partial charge in [-0.15, -0.1) is 0 Å². The fourth-order valence-electron chi connectivity index (χ4n) is 1.18. The van der Waals surface area contributed by atoms with Crippen LogP contribution in [0.5, 0.6) is 0 Å². The average molecular weight is 199 g/mol. The monoisotopic (exact) mass is 199 g/mol. The molecule has 4 heteroatoms. The quantitative estimate of drug-likeness (QED) is 0.671. The molecule has 0 radical (unpaired) electrons. The predicted molar refractivity (Wildman–Crippen MR) is 50.9 cm³/mol. The van der Waals surface area contributed by atoms with Crippen molar-refractivity contribution in [2.24, 2.45) is 5.73 Å². The van der Waals surface area contributed by atoms with Crippen LogP contribution < -0.4 is 5.73 Å². The molecule has 78 valence electrons. The normalized spacial score (nSPS) is 15.2. The SMILES string of the molecule is C[C@@H](O)[C@@H](N)c1ccc(CO)c(F)c1. The van der Waals surface area contributed by atoms with Crippen LogP contribution >= 0.6 is 0 Å². The van der Waals surface area contributed by atoms with Gasteiger partial charge in [-0.05, 0) is 18.6 Å². The van der Waals surface area contributed by atoms with Gasteiger partial charge in [-0.25, -0.2) is 4.39 Å². The minimum absolute atomic E-state index is 0.228. The lowest BCUT2D eigenvalue weighted by molar-refractivity contribution is 0.164. The van der Waals surface area contributed by atoms with E-state index in [1.807, 2.05) is 0 Å². The number of benzene rings is 1. The van der Waals surface area contributed by atoms with Gasteiger partial charge in [0.15, 0.2) is 0 Å². The second-order valence-corrected chi connectivity index (χ2v) is 3.28. The van der Waals surface area contributed by atoms with Crippen LogP contribution in [0.2, 0.25) is 0 Å². The van der Waals surface area contributed by atoms with Crippen molar-refractivity contribution in [1.29, 1.82) is 0 Å². The van der Waals surface area contributed by atoms with Gasteiger partial charge in [-0.2, -0.15) is 0 Å². The van der Waals surface area contributed by atoms with Crippen molar-refractivity contribution in [3.05, 3.63) is 35.1 Å². The zero-order chi connectivity index (χ0) is 10.7. The van der Waals surface area contributed by atoms with Gasteiger partial charge in [0, 0.05) is 5.56 Å². The van der Waals surface area contributed by atoms with Crippen molar-refractivity contribution in [2.75, 3.05) is 0 Å². The van der Waals surface area contributed by atoms with Gasteiger partial charge >= 0.3 is 0 Å². The van der Waals surface area contributed by atoms with Crippen molar-refractivity contribution < 1.29 is 14.6 Å². The summed E-state index contributed by atoms with van der Waals surface area (Å²) in [6.45, 7) is 1.21. The minimum Gasteiger partial charge on any atom is -0.392 e. The molecule has 2 atom stereocenters. The van der Waals surface area contributed by atoms with Crippen LogP contribution in [0.25, 0.3) is 0 Å². The van der Waals surface area contributed by atoms with E-state index in [0.29, 0.717) is 5.56 Å². The molecule has 0 heterocycles. The predicted octanol–water partition coefficient (Wildman–Crippen LogP) is 0.699. The van der Waals surface area contributed by atoms with E-state index in [-0.39, 0.29) is 12.2 Å². The molecule has 14 heavy (non-hydrogen) atoms. The van der Waals surface area contributed by atoms with Crippen LogP contribution in [-0.4, -0.2) is 16.3 Å². The van der Waals surface area contributed by atoms with Crippen LogP contribution in [0.4, 0.5) is 4.39 Å². The molecule has 0 aliphatic heterocycles. The number of nitrogens with two attached hydrogens (primary N) is 1. The number of aliphatic hydroxyl groups excluding tert-OH is 2. The third-order valence-electron chi connectivity index (χ3n) is 2.15. The number of hydrogen-bond acceptors (Lipinski definition) is 3. The third kappa shape index (κ3) is 2.29. The van der Waals surface area contributed by atoms with Crippen LogP contribution in [0.1, 0.15) is 24.1 Å². The van der Waals surface area contributed by atoms with E-state index in [9.17, 15) is 9.50 Å². The summed E-state index contributed by atoms with van der Waals surface area (Å²) in [5.41, 5.74) is 6.37. The summed E-state index contributed by atoms with van der Waals surface area (Å²) in [6.07, 6.45) is -0.727. The molecule has 0 fully saturated rings. The van der Waals surface area contributed by atoms with Gasteiger partial charge in [0.25, 0.3) is 0 Å². The highest BCUT2D eigenvalue weighted by atomic mass is 19.1. The summed E-state index contributed by atoms with van der Waals surface area (Å²) < 4.78 is 13.2. The highest BCUT2D eigenvalue weighted by Crippen LogP contribution is 2.17.